The van der Waals surface area contributed by atoms with Crippen molar-refractivity contribution in [2.75, 3.05) is 18.1 Å². The van der Waals surface area contributed by atoms with Crippen molar-refractivity contribution < 1.29 is 20.0 Å². The van der Waals surface area contributed by atoms with Crippen LogP contribution in [0.4, 0.5) is 5.69 Å². The van der Waals surface area contributed by atoms with Crippen molar-refractivity contribution >= 4 is 33.4 Å². The zero-order valence-electron chi connectivity index (χ0n) is 11.1. The highest BCUT2D eigenvalue weighted by molar-refractivity contribution is 9.10. The summed E-state index contributed by atoms with van der Waals surface area (Å²) in [6.07, 6.45) is 1.81. The van der Waals surface area contributed by atoms with Crippen molar-refractivity contribution in [1.82, 2.24) is 0 Å². The third kappa shape index (κ3) is 3.45. The fraction of sp³-hybridized carbons (Fsp3) is 0.429. The first-order valence-electron chi connectivity index (χ1n) is 6.70. The van der Waals surface area contributed by atoms with Gasteiger partial charge in [-0.25, -0.2) is 4.90 Å². The molecule has 0 aliphatic carbocycles. The average Bonchev–Trinajstić information content (AvgIpc) is 2.71. The summed E-state index contributed by atoms with van der Waals surface area (Å²) in [6.45, 7) is 0.912. The lowest BCUT2D eigenvalue weighted by Crippen LogP contribution is -2.91. The summed E-state index contributed by atoms with van der Waals surface area (Å²) in [5, 5.41) is 10.6. The van der Waals surface area contributed by atoms with Crippen LogP contribution in [-0.4, -0.2) is 36.1 Å². The summed E-state index contributed by atoms with van der Waals surface area (Å²) in [5.41, 5.74) is 0.620. The van der Waals surface area contributed by atoms with E-state index in [0.29, 0.717) is 5.69 Å². The van der Waals surface area contributed by atoms with Crippen molar-refractivity contribution in [3.05, 3.63) is 28.7 Å². The molecule has 0 unspecified atom stereocenters. The number of halogens is 1. The van der Waals surface area contributed by atoms with Gasteiger partial charge in [0.15, 0.2) is 6.04 Å². The van der Waals surface area contributed by atoms with Crippen LogP contribution in [0, 0.1) is 0 Å². The van der Waals surface area contributed by atoms with Gasteiger partial charge in [0, 0.05) is 11.1 Å². The smallest absolute Gasteiger partial charge is 0.292 e. The number of rotatable bonds is 6. The second-order valence-electron chi connectivity index (χ2n) is 4.81. The van der Waals surface area contributed by atoms with Crippen LogP contribution in [0.2, 0.25) is 0 Å². The van der Waals surface area contributed by atoms with Gasteiger partial charge in [0.05, 0.1) is 18.7 Å². The third-order valence-electron chi connectivity index (χ3n) is 3.33. The SMILES string of the molecule is O=C1C[C@H]([NH2+]CCCCO)C(=O)N1c1ccc(Br)cc1. The second kappa shape index (κ2) is 6.97. The van der Waals surface area contributed by atoms with Crippen LogP contribution in [0.1, 0.15) is 19.3 Å². The fourth-order valence-electron chi connectivity index (χ4n) is 2.28. The molecular weight excluding hydrogens is 324 g/mol. The molecule has 1 saturated heterocycles. The number of nitrogens with two attached hydrogens (primary N) is 1. The van der Waals surface area contributed by atoms with Crippen molar-refractivity contribution in [1.29, 1.82) is 0 Å². The Morgan fingerprint density at radius 1 is 1.25 bits per heavy atom. The molecule has 6 heteroatoms. The van der Waals surface area contributed by atoms with Gasteiger partial charge in [0.25, 0.3) is 5.91 Å². The number of imide groups is 1. The van der Waals surface area contributed by atoms with E-state index in [1.165, 1.54) is 4.90 Å². The van der Waals surface area contributed by atoms with Crippen molar-refractivity contribution in [3.63, 3.8) is 0 Å². The van der Waals surface area contributed by atoms with Gasteiger partial charge in [-0.2, -0.15) is 0 Å². The van der Waals surface area contributed by atoms with E-state index >= 15 is 0 Å². The summed E-state index contributed by atoms with van der Waals surface area (Å²) in [7, 11) is 0. The van der Waals surface area contributed by atoms with E-state index in [1.807, 2.05) is 17.4 Å². The summed E-state index contributed by atoms with van der Waals surface area (Å²) in [5.74, 6) is -0.304. The number of carbonyl (C=O) groups is 2. The number of nitrogens with zero attached hydrogens (tertiary/aromatic N) is 1. The Kier molecular flexibility index (Phi) is 5.28. The molecule has 0 radical (unpaired) electrons. The maximum absolute atomic E-state index is 12.3. The molecule has 0 spiro atoms. The zero-order chi connectivity index (χ0) is 14.5. The average molecular weight is 342 g/mol. The first-order valence-corrected chi connectivity index (χ1v) is 7.49. The molecule has 108 valence electrons. The van der Waals surface area contributed by atoms with E-state index in [4.69, 9.17) is 5.11 Å². The van der Waals surface area contributed by atoms with Gasteiger partial charge < -0.3 is 10.4 Å². The number of carbonyl (C=O) groups excluding carboxylic acids is 2. The largest absolute Gasteiger partial charge is 0.396 e. The Bertz CT molecular complexity index is 490. The summed E-state index contributed by atoms with van der Waals surface area (Å²) in [4.78, 5) is 25.5. The molecule has 1 aliphatic rings. The lowest BCUT2D eigenvalue weighted by molar-refractivity contribution is -0.674. The molecule has 20 heavy (non-hydrogen) atoms. The molecule has 2 amide bonds. The molecule has 1 atom stereocenters. The van der Waals surface area contributed by atoms with Crippen molar-refractivity contribution in [2.24, 2.45) is 0 Å². The monoisotopic (exact) mass is 341 g/mol. The summed E-state index contributed by atoms with van der Waals surface area (Å²) in [6, 6.07) is 6.81. The first kappa shape index (κ1) is 15.2. The zero-order valence-corrected chi connectivity index (χ0v) is 12.7. The van der Waals surface area contributed by atoms with Gasteiger partial charge >= 0.3 is 0 Å². The maximum atomic E-state index is 12.3. The maximum Gasteiger partial charge on any atom is 0.292 e. The highest BCUT2D eigenvalue weighted by atomic mass is 79.9. The molecule has 0 saturated carbocycles. The number of aliphatic hydroxyl groups excluding tert-OH is 1. The Balaban J connectivity index is 2.00. The van der Waals surface area contributed by atoms with Crippen molar-refractivity contribution in [3.8, 4) is 0 Å². The fourth-order valence-corrected chi connectivity index (χ4v) is 2.54. The number of anilines is 1. The van der Waals surface area contributed by atoms with Crippen LogP contribution in [0.3, 0.4) is 0 Å². The van der Waals surface area contributed by atoms with Crippen LogP contribution in [0.25, 0.3) is 0 Å². The molecule has 1 aliphatic heterocycles. The normalized spacial score (nSPS) is 18.9. The van der Waals surface area contributed by atoms with E-state index in [-0.39, 0.29) is 30.9 Å². The Hall–Kier alpha value is -1.24. The highest BCUT2D eigenvalue weighted by Crippen LogP contribution is 2.23. The van der Waals surface area contributed by atoms with E-state index in [9.17, 15) is 9.59 Å². The number of unbranched alkanes of at least 4 members (excludes halogenated alkanes) is 1. The van der Waals surface area contributed by atoms with Crippen LogP contribution in [-0.2, 0) is 9.59 Å². The Labute approximate surface area is 126 Å². The summed E-state index contributed by atoms with van der Waals surface area (Å²) >= 11 is 3.33. The number of benzene rings is 1. The Morgan fingerprint density at radius 3 is 2.60 bits per heavy atom. The third-order valence-corrected chi connectivity index (χ3v) is 3.86. The van der Waals surface area contributed by atoms with E-state index in [0.717, 1.165) is 23.9 Å². The lowest BCUT2D eigenvalue weighted by Gasteiger charge is -2.14. The molecule has 0 aromatic heterocycles. The predicted octanol–water partition coefficient (Wildman–Crippen LogP) is 0.417. The predicted molar refractivity (Wildman–Crippen MR) is 78.2 cm³/mol. The second-order valence-corrected chi connectivity index (χ2v) is 5.73. The van der Waals surface area contributed by atoms with Gasteiger partial charge in [-0.3, -0.25) is 9.59 Å². The van der Waals surface area contributed by atoms with Crippen LogP contribution in [0.15, 0.2) is 28.7 Å². The van der Waals surface area contributed by atoms with Crippen LogP contribution >= 0.6 is 15.9 Å². The molecule has 1 aromatic rings. The van der Waals surface area contributed by atoms with E-state index in [2.05, 4.69) is 15.9 Å². The van der Waals surface area contributed by atoms with Gasteiger partial charge in [-0.15, -0.1) is 0 Å². The van der Waals surface area contributed by atoms with Crippen LogP contribution in [0.5, 0.6) is 0 Å². The van der Waals surface area contributed by atoms with E-state index < -0.39 is 0 Å². The van der Waals surface area contributed by atoms with E-state index in [1.54, 1.807) is 12.1 Å². The molecule has 3 N–H and O–H groups in total. The molecule has 1 fully saturated rings. The van der Waals surface area contributed by atoms with Gasteiger partial charge in [-0.1, -0.05) is 15.9 Å². The molecular formula is C14H18BrN2O3+. The van der Waals surface area contributed by atoms with Gasteiger partial charge in [0.2, 0.25) is 5.91 Å². The standard InChI is InChI=1S/C14H17BrN2O3/c15-10-3-5-11(6-4-10)17-13(19)9-12(14(17)20)16-7-1-2-8-18/h3-6,12,16,18H,1-2,7-9H2/p+1/t12-/m0/s1. The van der Waals surface area contributed by atoms with Crippen molar-refractivity contribution in [2.45, 2.75) is 25.3 Å². The van der Waals surface area contributed by atoms with Crippen LogP contribution < -0.4 is 10.2 Å². The van der Waals surface area contributed by atoms with Gasteiger partial charge in [-0.05, 0) is 37.1 Å². The number of quaternary nitrogens is 1. The highest BCUT2D eigenvalue weighted by Gasteiger charge is 2.41. The number of amides is 2. The molecule has 5 nitrogen and oxygen atoms in total. The lowest BCUT2D eigenvalue weighted by atomic mass is 10.2. The van der Waals surface area contributed by atoms with Gasteiger partial charge in [0.1, 0.15) is 0 Å². The Morgan fingerprint density at radius 2 is 1.95 bits per heavy atom. The minimum Gasteiger partial charge on any atom is -0.396 e. The minimum absolute atomic E-state index is 0.152. The first-order chi connectivity index (χ1) is 9.63. The number of hydrogen-bond acceptors (Lipinski definition) is 3. The number of aliphatic hydroxyl groups is 1. The molecule has 1 aromatic carbocycles. The summed E-state index contributed by atoms with van der Waals surface area (Å²) < 4.78 is 0.910. The molecule has 2 rings (SSSR count). The minimum atomic E-state index is -0.329. The molecule has 1 heterocycles. The number of hydrogen-bond donors (Lipinski definition) is 2. The quantitative estimate of drug-likeness (QED) is 0.581. The topological polar surface area (TPSA) is 74.2 Å². The molecule has 0 bridgehead atoms.